The van der Waals surface area contributed by atoms with Crippen LogP contribution in [0.25, 0.3) is 0 Å². The highest BCUT2D eigenvalue weighted by molar-refractivity contribution is 9.10. The average molecular weight is 337 g/mol. The molecule has 0 atom stereocenters. The van der Waals surface area contributed by atoms with Crippen molar-refractivity contribution >= 4 is 21.6 Å². The first-order valence-corrected chi connectivity index (χ1v) is 8.18. The molecule has 0 N–H and O–H groups in total. The van der Waals surface area contributed by atoms with Crippen LogP contribution >= 0.6 is 15.9 Å². The Bertz CT molecular complexity index is 449. The third-order valence-electron chi connectivity index (χ3n) is 3.37. The van der Waals surface area contributed by atoms with Crippen molar-refractivity contribution in [1.29, 1.82) is 5.26 Å². The lowest BCUT2D eigenvalue weighted by Crippen LogP contribution is -2.28. The van der Waals surface area contributed by atoms with Gasteiger partial charge >= 0.3 is 0 Å². The summed E-state index contributed by atoms with van der Waals surface area (Å²) in [5, 5.41) is 9.32. The van der Waals surface area contributed by atoms with Crippen LogP contribution in [0.1, 0.15) is 46.1 Å². The van der Waals surface area contributed by atoms with Gasteiger partial charge in [-0.25, -0.2) is 0 Å². The molecule has 0 aromatic heterocycles. The summed E-state index contributed by atoms with van der Waals surface area (Å²) in [5.74, 6) is 1.35. The number of hydrogen-bond donors (Lipinski definition) is 0. The highest BCUT2D eigenvalue weighted by Crippen LogP contribution is 2.26. The van der Waals surface area contributed by atoms with E-state index < -0.39 is 0 Å². The SMILES string of the molecule is CC(C)CCN(CCC(C)C)c1cc(Br)ccc1C#N. The van der Waals surface area contributed by atoms with Crippen molar-refractivity contribution < 1.29 is 0 Å². The van der Waals surface area contributed by atoms with Crippen molar-refractivity contribution in [1.82, 2.24) is 0 Å². The van der Waals surface area contributed by atoms with E-state index in [9.17, 15) is 5.26 Å². The Morgan fingerprint density at radius 3 is 2.10 bits per heavy atom. The molecule has 0 aliphatic rings. The monoisotopic (exact) mass is 336 g/mol. The second-order valence-electron chi connectivity index (χ2n) is 6.13. The van der Waals surface area contributed by atoms with Crippen LogP contribution in [-0.2, 0) is 0 Å². The van der Waals surface area contributed by atoms with Crippen molar-refractivity contribution in [3.63, 3.8) is 0 Å². The summed E-state index contributed by atoms with van der Waals surface area (Å²) < 4.78 is 1.03. The van der Waals surface area contributed by atoms with E-state index in [1.807, 2.05) is 12.1 Å². The summed E-state index contributed by atoms with van der Waals surface area (Å²) in [6.07, 6.45) is 2.30. The zero-order valence-electron chi connectivity index (χ0n) is 13.0. The second kappa shape index (κ2) is 8.32. The van der Waals surface area contributed by atoms with Crippen LogP contribution in [0.3, 0.4) is 0 Å². The number of halogens is 1. The van der Waals surface area contributed by atoms with Gasteiger partial charge in [-0.2, -0.15) is 5.26 Å². The van der Waals surface area contributed by atoms with Crippen molar-refractivity contribution in [3.8, 4) is 6.07 Å². The van der Waals surface area contributed by atoms with E-state index >= 15 is 0 Å². The lowest BCUT2D eigenvalue weighted by Gasteiger charge is -2.27. The van der Waals surface area contributed by atoms with E-state index in [4.69, 9.17) is 0 Å². The highest BCUT2D eigenvalue weighted by atomic mass is 79.9. The largest absolute Gasteiger partial charge is 0.370 e. The molecule has 1 rings (SSSR count). The van der Waals surface area contributed by atoms with Crippen LogP contribution in [0.15, 0.2) is 22.7 Å². The van der Waals surface area contributed by atoms with Gasteiger partial charge in [-0.3, -0.25) is 0 Å². The number of nitrogens with zero attached hydrogens (tertiary/aromatic N) is 2. The molecular weight excluding hydrogens is 312 g/mol. The summed E-state index contributed by atoms with van der Waals surface area (Å²) in [5.41, 5.74) is 1.82. The lowest BCUT2D eigenvalue weighted by molar-refractivity contribution is 0.535. The maximum atomic E-state index is 9.32. The molecule has 0 aliphatic heterocycles. The summed E-state index contributed by atoms with van der Waals surface area (Å²) in [7, 11) is 0. The van der Waals surface area contributed by atoms with Gasteiger partial charge in [0.25, 0.3) is 0 Å². The van der Waals surface area contributed by atoms with Gasteiger partial charge < -0.3 is 4.90 Å². The Kier molecular flexibility index (Phi) is 7.09. The van der Waals surface area contributed by atoms with E-state index in [0.29, 0.717) is 11.8 Å². The predicted octanol–water partition coefficient (Wildman–Crippen LogP) is 5.22. The number of nitriles is 1. The summed E-state index contributed by atoms with van der Waals surface area (Å²) in [4.78, 5) is 2.36. The molecular formula is C17H25BrN2. The lowest BCUT2D eigenvalue weighted by atomic mass is 10.1. The molecule has 0 heterocycles. The minimum absolute atomic E-state index is 0.675. The van der Waals surface area contributed by atoms with Gasteiger partial charge in [0.15, 0.2) is 0 Å². The number of hydrogen-bond acceptors (Lipinski definition) is 2. The number of anilines is 1. The minimum atomic E-state index is 0.675. The molecule has 0 amide bonds. The molecule has 0 bridgehead atoms. The summed E-state index contributed by atoms with van der Waals surface area (Å²) in [6.45, 7) is 11.0. The Labute approximate surface area is 131 Å². The quantitative estimate of drug-likeness (QED) is 0.682. The molecule has 1 aromatic rings. The molecule has 0 aliphatic carbocycles. The van der Waals surface area contributed by atoms with Crippen LogP contribution in [-0.4, -0.2) is 13.1 Å². The first-order chi connectivity index (χ1) is 9.43. The molecule has 1 aromatic carbocycles. The summed E-state index contributed by atoms with van der Waals surface area (Å²) >= 11 is 3.52. The Balaban J connectivity index is 2.96. The second-order valence-corrected chi connectivity index (χ2v) is 7.04. The van der Waals surface area contributed by atoms with E-state index in [-0.39, 0.29) is 0 Å². The van der Waals surface area contributed by atoms with Gasteiger partial charge in [-0.1, -0.05) is 43.6 Å². The molecule has 0 fully saturated rings. The van der Waals surface area contributed by atoms with Crippen molar-refractivity contribution in [2.45, 2.75) is 40.5 Å². The van der Waals surface area contributed by atoms with Crippen LogP contribution in [0.2, 0.25) is 0 Å². The topological polar surface area (TPSA) is 27.0 Å². The Morgan fingerprint density at radius 1 is 1.10 bits per heavy atom. The van der Waals surface area contributed by atoms with E-state index in [0.717, 1.165) is 41.7 Å². The predicted molar refractivity (Wildman–Crippen MR) is 90.0 cm³/mol. The van der Waals surface area contributed by atoms with Gasteiger partial charge in [0.1, 0.15) is 6.07 Å². The van der Waals surface area contributed by atoms with Gasteiger partial charge in [-0.05, 0) is 42.9 Å². The van der Waals surface area contributed by atoms with Gasteiger partial charge in [0.05, 0.1) is 11.3 Å². The van der Waals surface area contributed by atoms with Crippen LogP contribution in [0.5, 0.6) is 0 Å². The van der Waals surface area contributed by atoms with E-state index in [1.54, 1.807) is 0 Å². The number of benzene rings is 1. The first-order valence-electron chi connectivity index (χ1n) is 7.38. The molecule has 110 valence electrons. The average Bonchev–Trinajstić information content (AvgIpc) is 2.38. The van der Waals surface area contributed by atoms with Gasteiger partial charge in [0.2, 0.25) is 0 Å². The molecule has 0 spiro atoms. The summed E-state index contributed by atoms with van der Waals surface area (Å²) in [6, 6.07) is 8.22. The van der Waals surface area contributed by atoms with E-state index in [2.05, 4.69) is 60.7 Å². The molecule has 3 heteroatoms. The molecule has 0 radical (unpaired) electrons. The van der Waals surface area contributed by atoms with E-state index in [1.165, 1.54) is 0 Å². The zero-order valence-corrected chi connectivity index (χ0v) is 14.6. The van der Waals surface area contributed by atoms with Crippen molar-refractivity contribution in [2.24, 2.45) is 11.8 Å². The minimum Gasteiger partial charge on any atom is -0.370 e. The first kappa shape index (κ1) is 17.0. The molecule has 2 nitrogen and oxygen atoms in total. The molecule has 0 saturated carbocycles. The third-order valence-corrected chi connectivity index (χ3v) is 3.87. The van der Waals surface area contributed by atoms with Gasteiger partial charge in [0, 0.05) is 17.6 Å². The highest BCUT2D eigenvalue weighted by Gasteiger charge is 2.13. The zero-order chi connectivity index (χ0) is 15.1. The Hall–Kier alpha value is -1.01. The van der Waals surface area contributed by atoms with Crippen LogP contribution in [0, 0.1) is 23.2 Å². The van der Waals surface area contributed by atoms with Crippen LogP contribution < -0.4 is 4.90 Å². The Morgan fingerprint density at radius 2 is 1.65 bits per heavy atom. The molecule has 20 heavy (non-hydrogen) atoms. The smallest absolute Gasteiger partial charge is 0.101 e. The fourth-order valence-corrected chi connectivity index (χ4v) is 2.39. The van der Waals surface area contributed by atoms with Crippen molar-refractivity contribution in [2.75, 3.05) is 18.0 Å². The number of rotatable bonds is 7. The maximum absolute atomic E-state index is 9.32. The molecule has 0 saturated heterocycles. The van der Waals surface area contributed by atoms with Crippen molar-refractivity contribution in [3.05, 3.63) is 28.2 Å². The third kappa shape index (κ3) is 5.54. The fraction of sp³-hybridized carbons (Fsp3) is 0.588. The fourth-order valence-electron chi connectivity index (χ4n) is 2.04. The normalized spacial score (nSPS) is 10.9. The molecule has 0 unspecified atom stereocenters. The maximum Gasteiger partial charge on any atom is 0.101 e. The van der Waals surface area contributed by atoms with Crippen LogP contribution in [0.4, 0.5) is 5.69 Å². The van der Waals surface area contributed by atoms with Gasteiger partial charge in [-0.15, -0.1) is 0 Å². The standard InChI is InChI=1S/C17H25BrN2/c1-13(2)7-9-20(10-8-14(3)4)17-11-16(18)6-5-15(17)12-19/h5-6,11,13-14H,7-10H2,1-4H3.